The van der Waals surface area contributed by atoms with Crippen LogP contribution in [0.4, 0.5) is 0 Å². The number of aryl methyl sites for hydroxylation is 1. The van der Waals surface area contributed by atoms with E-state index in [-0.39, 0.29) is 12.7 Å². The monoisotopic (exact) mass is 214 g/mol. The molecule has 0 saturated carbocycles. The Bertz CT molecular complexity index is 270. The Hall–Kier alpha value is -1.03. The van der Waals surface area contributed by atoms with Gasteiger partial charge in [0.1, 0.15) is 0 Å². The van der Waals surface area contributed by atoms with Crippen molar-refractivity contribution in [2.45, 2.75) is 47.3 Å². The van der Waals surface area contributed by atoms with Gasteiger partial charge in [-0.15, -0.1) is 5.10 Å². The minimum atomic E-state index is 0.0994. The first-order valence-electron chi connectivity index (χ1n) is 5.45. The summed E-state index contributed by atoms with van der Waals surface area (Å²) in [5, 5.41) is 12.9. The van der Waals surface area contributed by atoms with Gasteiger partial charge in [-0.25, -0.2) is 0 Å². The fourth-order valence-electron chi connectivity index (χ4n) is 1.06. The van der Waals surface area contributed by atoms with E-state index in [0.717, 1.165) is 5.56 Å². The molecule has 1 aromatic heterocycles. The van der Waals surface area contributed by atoms with E-state index in [9.17, 15) is 0 Å². The largest absolute Gasteiger partial charge is 0.474 e. The van der Waals surface area contributed by atoms with Gasteiger partial charge in [0, 0.05) is 11.8 Å². The van der Waals surface area contributed by atoms with Gasteiger partial charge in [0.2, 0.25) is 5.88 Å². The van der Waals surface area contributed by atoms with Gasteiger partial charge in [0.25, 0.3) is 0 Å². The normalized spacial score (nSPS) is 9.80. The van der Waals surface area contributed by atoms with Crippen molar-refractivity contribution in [1.29, 1.82) is 0 Å². The van der Waals surface area contributed by atoms with Crippen LogP contribution in [0.5, 0.6) is 5.88 Å². The molecule has 1 rings (SSSR count). The molecule has 0 radical (unpaired) electrons. The maximum atomic E-state index is 8.70. The molecule has 0 saturated heterocycles. The van der Waals surface area contributed by atoms with Crippen molar-refractivity contribution < 1.29 is 9.84 Å². The standard InChI is InChI=1S/C9H16N2O2.C2H6/c1-7(2)13-9-8(3)6-11(10-9)4-5-12;1-2/h6-7,12H,4-5H2,1-3H3;1-2H3. The Morgan fingerprint density at radius 2 is 2.07 bits per heavy atom. The molecule has 0 aliphatic rings. The van der Waals surface area contributed by atoms with Crippen molar-refractivity contribution in [2.24, 2.45) is 0 Å². The van der Waals surface area contributed by atoms with Gasteiger partial charge in [-0.05, 0) is 20.8 Å². The minimum absolute atomic E-state index is 0.0994. The Kier molecular flexibility index (Phi) is 6.79. The van der Waals surface area contributed by atoms with Gasteiger partial charge in [-0.2, -0.15) is 0 Å². The number of aliphatic hydroxyl groups excluding tert-OH is 1. The topological polar surface area (TPSA) is 47.3 Å². The van der Waals surface area contributed by atoms with Crippen LogP contribution >= 0.6 is 0 Å². The predicted molar refractivity (Wildman–Crippen MR) is 61.2 cm³/mol. The summed E-state index contributed by atoms with van der Waals surface area (Å²) in [6, 6.07) is 0. The first-order valence-corrected chi connectivity index (χ1v) is 5.45. The number of aliphatic hydroxyl groups is 1. The molecular weight excluding hydrogens is 192 g/mol. The maximum Gasteiger partial charge on any atom is 0.235 e. The lowest BCUT2D eigenvalue weighted by atomic mass is 10.4. The van der Waals surface area contributed by atoms with E-state index in [1.54, 1.807) is 4.68 Å². The summed E-state index contributed by atoms with van der Waals surface area (Å²) >= 11 is 0. The van der Waals surface area contributed by atoms with Crippen LogP contribution in [-0.4, -0.2) is 27.6 Å². The van der Waals surface area contributed by atoms with Crippen molar-refractivity contribution in [3.05, 3.63) is 11.8 Å². The highest BCUT2D eigenvalue weighted by Crippen LogP contribution is 2.15. The summed E-state index contributed by atoms with van der Waals surface area (Å²) in [7, 11) is 0. The number of hydrogen-bond donors (Lipinski definition) is 1. The Labute approximate surface area is 91.9 Å². The third-order valence-electron chi connectivity index (χ3n) is 1.58. The summed E-state index contributed by atoms with van der Waals surface area (Å²) < 4.78 is 7.15. The van der Waals surface area contributed by atoms with E-state index in [1.165, 1.54) is 0 Å². The molecule has 88 valence electrons. The average molecular weight is 214 g/mol. The molecule has 0 unspecified atom stereocenters. The molecular formula is C11H22N2O2. The maximum absolute atomic E-state index is 8.70. The zero-order valence-electron chi connectivity index (χ0n) is 10.3. The number of ether oxygens (including phenoxy) is 1. The van der Waals surface area contributed by atoms with Crippen LogP contribution in [0.3, 0.4) is 0 Å². The second kappa shape index (κ2) is 7.29. The molecule has 1 heterocycles. The van der Waals surface area contributed by atoms with Crippen LogP contribution in [0.15, 0.2) is 6.20 Å². The predicted octanol–water partition coefficient (Wildman–Crippen LogP) is 2.00. The van der Waals surface area contributed by atoms with Crippen LogP contribution in [0.2, 0.25) is 0 Å². The molecule has 0 bridgehead atoms. The second-order valence-corrected chi connectivity index (χ2v) is 3.27. The van der Waals surface area contributed by atoms with E-state index >= 15 is 0 Å². The number of nitrogens with zero attached hydrogens (tertiary/aromatic N) is 2. The van der Waals surface area contributed by atoms with Gasteiger partial charge in [0.15, 0.2) is 0 Å². The fourth-order valence-corrected chi connectivity index (χ4v) is 1.06. The van der Waals surface area contributed by atoms with E-state index in [0.29, 0.717) is 12.4 Å². The fraction of sp³-hybridized carbons (Fsp3) is 0.727. The lowest BCUT2D eigenvalue weighted by molar-refractivity contribution is 0.224. The van der Waals surface area contributed by atoms with Gasteiger partial charge in [-0.3, -0.25) is 4.68 Å². The van der Waals surface area contributed by atoms with E-state index < -0.39 is 0 Å². The SMILES string of the molecule is CC.Cc1cn(CCO)nc1OC(C)C. The van der Waals surface area contributed by atoms with Gasteiger partial charge in [-0.1, -0.05) is 13.8 Å². The zero-order valence-corrected chi connectivity index (χ0v) is 10.3. The van der Waals surface area contributed by atoms with Gasteiger partial charge >= 0.3 is 0 Å². The second-order valence-electron chi connectivity index (χ2n) is 3.27. The van der Waals surface area contributed by atoms with E-state index in [4.69, 9.17) is 9.84 Å². The molecule has 0 aliphatic carbocycles. The molecule has 0 fully saturated rings. The number of hydrogen-bond acceptors (Lipinski definition) is 3. The van der Waals surface area contributed by atoms with E-state index in [1.807, 2.05) is 40.8 Å². The summed E-state index contributed by atoms with van der Waals surface area (Å²) in [4.78, 5) is 0. The van der Waals surface area contributed by atoms with E-state index in [2.05, 4.69) is 5.10 Å². The van der Waals surface area contributed by atoms with Gasteiger partial charge < -0.3 is 9.84 Å². The van der Waals surface area contributed by atoms with Crippen LogP contribution in [0.25, 0.3) is 0 Å². The van der Waals surface area contributed by atoms with Crippen LogP contribution in [0, 0.1) is 6.92 Å². The van der Waals surface area contributed by atoms with Crippen molar-refractivity contribution in [2.75, 3.05) is 6.61 Å². The highest BCUT2D eigenvalue weighted by molar-refractivity contribution is 5.21. The summed E-state index contributed by atoms with van der Waals surface area (Å²) in [6.45, 7) is 10.5. The molecule has 4 nitrogen and oxygen atoms in total. The smallest absolute Gasteiger partial charge is 0.235 e. The lowest BCUT2D eigenvalue weighted by Crippen LogP contribution is -2.08. The van der Waals surface area contributed by atoms with Crippen LogP contribution in [-0.2, 0) is 6.54 Å². The molecule has 15 heavy (non-hydrogen) atoms. The highest BCUT2D eigenvalue weighted by Gasteiger charge is 2.06. The van der Waals surface area contributed by atoms with Crippen molar-refractivity contribution in [3.8, 4) is 5.88 Å². The number of aromatic nitrogens is 2. The molecule has 1 N–H and O–H groups in total. The molecule has 4 heteroatoms. The third kappa shape index (κ3) is 4.83. The van der Waals surface area contributed by atoms with Crippen molar-refractivity contribution in [1.82, 2.24) is 9.78 Å². The van der Waals surface area contributed by atoms with Crippen LogP contribution in [0.1, 0.15) is 33.3 Å². The molecule has 0 atom stereocenters. The Morgan fingerprint density at radius 3 is 2.53 bits per heavy atom. The van der Waals surface area contributed by atoms with Crippen molar-refractivity contribution >= 4 is 0 Å². The molecule has 0 aromatic carbocycles. The quantitative estimate of drug-likeness (QED) is 0.834. The number of rotatable bonds is 4. The summed E-state index contributed by atoms with van der Waals surface area (Å²) in [6.07, 6.45) is 2.00. The Balaban J connectivity index is 0.000000921. The van der Waals surface area contributed by atoms with Crippen LogP contribution < -0.4 is 4.74 Å². The molecule has 1 aromatic rings. The third-order valence-corrected chi connectivity index (χ3v) is 1.58. The van der Waals surface area contributed by atoms with Crippen molar-refractivity contribution in [3.63, 3.8) is 0 Å². The minimum Gasteiger partial charge on any atom is -0.474 e. The highest BCUT2D eigenvalue weighted by atomic mass is 16.5. The Morgan fingerprint density at radius 1 is 1.47 bits per heavy atom. The molecule has 0 amide bonds. The first kappa shape index (κ1) is 14.0. The summed E-state index contributed by atoms with van der Waals surface area (Å²) in [5.74, 6) is 0.656. The zero-order chi connectivity index (χ0) is 11.8. The van der Waals surface area contributed by atoms with Gasteiger partial charge in [0.05, 0.1) is 19.3 Å². The molecule has 0 spiro atoms. The average Bonchev–Trinajstić information content (AvgIpc) is 2.50. The first-order chi connectivity index (χ1) is 7.13. The molecule has 0 aliphatic heterocycles. The lowest BCUT2D eigenvalue weighted by Gasteiger charge is -2.06. The summed E-state index contributed by atoms with van der Waals surface area (Å²) in [5.41, 5.74) is 1.00.